The lowest BCUT2D eigenvalue weighted by atomic mass is 10.1. The number of aromatic hydroxyl groups is 2. The molecule has 0 radical (unpaired) electrons. The Balaban J connectivity index is 2.07. The average molecular weight is 689 g/mol. The standard InChI is InChI=1S/C22H16N4O14S4/c27-21-18-11(9-16(43(35,36)37)19(21)25-23-12-5-1-3-7-14(12)41(29,30)31)10-17(44(38,39)40)20(22(18)28)26-24-13-6-2-4-8-15(13)42(32,33)34/h1-10,27-28H,(H,29,30,31)(H,32,33,34)(H,35,36,37)(H,38,39,40)/b25-23+,26-24+. The topological polar surface area (TPSA) is 307 Å². The van der Waals surface area contributed by atoms with Gasteiger partial charge in [-0.1, -0.05) is 24.3 Å². The lowest BCUT2D eigenvalue weighted by Gasteiger charge is -2.13. The second-order valence-corrected chi connectivity index (χ2v) is 14.0. The van der Waals surface area contributed by atoms with E-state index in [1.807, 2.05) is 0 Å². The zero-order chi connectivity index (χ0) is 32.8. The number of rotatable bonds is 8. The van der Waals surface area contributed by atoms with Gasteiger partial charge in [0.2, 0.25) is 0 Å². The fourth-order valence-electron chi connectivity index (χ4n) is 3.77. The summed E-state index contributed by atoms with van der Waals surface area (Å²) < 4.78 is 134. The van der Waals surface area contributed by atoms with E-state index in [9.17, 15) is 62.1 Å². The number of hydrogen-bond acceptors (Lipinski definition) is 14. The first-order valence-electron chi connectivity index (χ1n) is 11.2. The minimum absolute atomic E-state index is 0.510. The number of hydrogen-bond donors (Lipinski definition) is 6. The Hall–Kier alpha value is -4.42. The van der Waals surface area contributed by atoms with Gasteiger partial charge in [0.1, 0.15) is 42.3 Å². The van der Waals surface area contributed by atoms with E-state index in [1.54, 1.807) is 0 Å². The molecule has 4 rings (SSSR count). The van der Waals surface area contributed by atoms with Gasteiger partial charge in [-0.05, 0) is 41.8 Å². The van der Waals surface area contributed by atoms with Crippen LogP contribution >= 0.6 is 0 Å². The minimum Gasteiger partial charge on any atom is -0.505 e. The van der Waals surface area contributed by atoms with Gasteiger partial charge in [-0.3, -0.25) is 18.2 Å². The van der Waals surface area contributed by atoms with Crippen LogP contribution in [-0.4, -0.2) is 62.1 Å². The van der Waals surface area contributed by atoms with Crippen LogP contribution in [0.1, 0.15) is 0 Å². The number of phenolic OH excluding ortho intramolecular Hbond substituents is 2. The maximum absolute atomic E-state index is 12.2. The van der Waals surface area contributed by atoms with E-state index < -0.39 is 105 Å². The van der Waals surface area contributed by atoms with Crippen molar-refractivity contribution in [3.63, 3.8) is 0 Å². The molecule has 0 spiro atoms. The number of nitrogens with zero attached hydrogens (tertiary/aromatic N) is 4. The molecule has 232 valence electrons. The molecule has 4 aromatic rings. The Morgan fingerprint density at radius 2 is 0.773 bits per heavy atom. The Bertz CT molecular complexity index is 2190. The summed E-state index contributed by atoms with van der Waals surface area (Å²) in [5, 5.41) is 34.5. The van der Waals surface area contributed by atoms with Crippen molar-refractivity contribution in [1.82, 2.24) is 0 Å². The summed E-state index contributed by atoms with van der Waals surface area (Å²) in [6.07, 6.45) is 0. The van der Waals surface area contributed by atoms with Crippen LogP contribution in [0.2, 0.25) is 0 Å². The van der Waals surface area contributed by atoms with Crippen molar-refractivity contribution in [3.05, 3.63) is 60.7 Å². The van der Waals surface area contributed by atoms with Crippen LogP contribution in [0, 0.1) is 0 Å². The van der Waals surface area contributed by atoms with Crippen LogP contribution in [0.4, 0.5) is 22.7 Å². The Morgan fingerprint density at radius 1 is 0.455 bits per heavy atom. The molecule has 6 N–H and O–H groups in total. The molecule has 0 bridgehead atoms. The molecule has 0 unspecified atom stereocenters. The molecule has 0 saturated heterocycles. The summed E-state index contributed by atoms with van der Waals surface area (Å²) >= 11 is 0. The van der Waals surface area contributed by atoms with Gasteiger partial charge in [0, 0.05) is 0 Å². The van der Waals surface area contributed by atoms with E-state index >= 15 is 0 Å². The van der Waals surface area contributed by atoms with Crippen molar-refractivity contribution in [2.75, 3.05) is 0 Å². The molecule has 0 aliphatic carbocycles. The third kappa shape index (κ3) is 6.56. The van der Waals surface area contributed by atoms with Crippen molar-refractivity contribution < 1.29 is 62.1 Å². The summed E-state index contributed by atoms with van der Waals surface area (Å²) in [4.78, 5) is -4.03. The van der Waals surface area contributed by atoms with E-state index in [-0.39, 0.29) is 0 Å². The van der Waals surface area contributed by atoms with E-state index in [1.165, 1.54) is 24.3 Å². The average Bonchev–Trinajstić information content (AvgIpc) is 2.89. The molecule has 22 heteroatoms. The van der Waals surface area contributed by atoms with Gasteiger partial charge < -0.3 is 10.2 Å². The summed E-state index contributed by atoms with van der Waals surface area (Å²) in [7, 11) is -20.4. The second kappa shape index (κ2) is 11.3. The molecular formula is C22H16N4O14S4. The van der Waals surface area contributed by atoms with Crippen molar-refractivity contribution in [1.29, 1.82) is 0 Å². The fourth-order valence-corrected chi connectivity index (χ4v) is 6.33. The van der Waals surface area contributed by atoms with Gasteiger partial charge in [0.15, 0.2) is 11.5 Å². The summed E-state index contributed by atoms with van der Waals surface area (Å²) in [6, 6.07) is 9.81. The summed E-state index contributed by atoms with van der Waals surface area (Å²) in [5.74, 6) is -2.59. The molecular weight excluding hydrogens is 673 g/mol. The first-order chi connectivity index (χ1) is 20.2. The quantitative estimate of drug-likeness (QED) is 0.112. The highest BCUT2D eigenvalue weighted by Crippen LogP contribution is 2.50. The zero-order valence-electron chi connectivity index (χ0n) is 21.1. The van der Waals surface area contributed by atoms with Gasteiger partial charge in [0.25, 0.3) is 40.5 Å². The SMILES string of the molecule is O=S(=O)(O)c1ccccc1/N=N/c1c(S(=O)(=O)O)cc2cc(S(=O)(=O)O)c(/N=N/c3ccccc3S(=O)(=O)O)c(O)c2c1O. The van der Waals surface area contributed by atoms with Crippen molar-refractivity contribution in [3.8, 4) is 11.5 Å². The third-order valence-corrected chi connectivity index (χ3v) is 9.14. The third-order valence-electron chi connectivity index (χ3n) is 5.61. The Labute approximate surface area is 247 Å². The van der Waals surface area contributed by atoms with E-state index in [2.05, 4.69) is 20.5 Å². The predicted octanol–water partition coefficient (Wildman–Crippen LogP) is 4.07. The molecule has 0 fully saturated rings. The first kappa shape index (κ1) is 32.5. The normalized spacial score (nSPS) is 13.3. The second-order valence-electron chi connectivity index (χ2n) is 8.48. The first-order valence-corrected chi connectivity index (χ1v) is 16.9. The van der Waals surface area contributed by atoms with Crippen molar-refractivity contribution in [2.45, 2.75) is 19.6 Å². The molecule has 4 aromatic carbocycles. The summed E-state index contributed by atoms with van der Waals surface area (Å²) in [6.45, 7) is 0. The number of phenols is 2. The maximum Gasteiger partial charge on any atom is 0.296 e. The number of azo groups is 2. The number of fused-ring (bicyclic) bond motifs is 1. The molecule has 18 nitrogen and oxygen atoms in total. The predicted molar refractivity (Wildman–Crippen MR) is 148 cm³/mol. The Kier molecular flexibility index (Phi) is 8.31. The molecule has 0 aromatic heterocycles. The highest BCUT2D eigenvalue weighted by Gasteiger charge is 2.29. The molecule has 0 saturated carbocycles. The van der Waals surface area contributed by atoms with E-state index in [0.717, 1.165) is 24.3 Å². The molecule has 0 aliphatic heterocycles. The zero-order valence-corrected chi connectivity index (χ0v) is 24.4. The lowest BCUT2D eigenvalue weighted by molar-refractivity contribution is 0.458. The van der Waals surface area contributed by atoms with E-state index in [4.69, 9.17) is 0 Å². The van der Waals surface area contributed by atoms with Crippen LogP contribution in [-0.2, 0) is 40.5 Å². The Morgan fingerprint density at radius 3 is 1.09 bits per heavy atom. The summed E-state index contributed by atoms with van der Waals surface area (Å²) in [5.41, 5.74) is -3.35. The van der Waals surface area contributed by atoms with Gasteiger partial charge >= 0.3 is 0 Å². The van der Waals surface area contributed by atoms with Crippen molar-refractivity contribution in [2.24, 2.45) is 20.5 Å². The van der Waals surface area contributed by atoms with Gasteiger partial charge in [-0.2, -0.15) is 33.7 Å². The monoisotopic (exact) mass is 688 g/mol. The molecule has 0 heterocycles. The highest BCUT2D eigenvalue weighted by molar-refractivity contribution is 7.86. The molecule has 0 aliphatic rings. The maximum atomic E-state index is 12.2. The van der Waals surface area contributed by atoms with Crippen LogP contribution in [0.25, 0.3) is 10.8 Å². The molecule has 0 amide bonds. The van der Waals surface area contributed by atoms with Gasteiger partial charge in [-0.25, -0.2) is 0 Å². The fraction of sp³-hybridized carbons (Fsp3) is 0. The largest absolute Gasteiger partial charge is 0.505 e. The molecule has 44 heavy (non-hydrogen) atoms. The van der Waals surface area contributed by atoms with Crippen LogP contribution in [0.3, 0.4) is 0 Å². The van der Waals surface area contributed by atoms with E-state index in [0.29, 0.717) is 12.1 Å². The van der Waals surface area contributed by atoms with Crippen LogP contribution in [0.5, 0.6) is 11.5 Å². The number of benzene rings is 4. The lowest BCUT2D eigenvalue weighted by Crippen LogP contribution is -2.02. The highest BCUT2D eigenvalue weighted by atomic mass is 32.2. The van der Waals surface area contributed by atoms with Crippen LogP contribution in [0.15, 0.2) is 101 Å². The smallest absolute Gasteiger partial charge is 0.296 e. The molecule has 0 atom stereocenters. The van der Waals surface area contributed by atoms with Crippen molar-refractivity contribution >= 4 is 74.0 Å². The van der Waals surface area contributed by atoms with Gasteiger partial charge in [-0.15, -0.1) is 20.5 Å². The van der Waals surface area contributed by atoms with Crippen LogP contribution < -0.4 is 0 Å². The van der Waals surface area contributed by atoms with Gasteiger partial charge in [0.05, 0.1) is 5.39 Å². The minimum atomic E-state index is -5.32.